The highest BCUT2D eigenvalue weighted by atomic mass is 16.5. The third kappa shape index (κ3) is 5.71. The van der Waals surface area contributed by atoms with Crippen LogP contribution in [0.2, 0.25) is 0 Å². The first-order chi connectivity index (χ1) is 8.26. The Morgan fingerprint density at radius 2 is 2.12 bits per heavy atom. The first kappa shape index (κ1) is 14.0. The Morgan fingerprint density at radius 3 is 2.82 bits per heavy atom. The molecule has 0 amide bonds. The molecule has 1 atom stereocenters. The largest absolute Gasteiger partial charge is 0.493 e. The van der Waals surface area contributed by atoms with Crippen LogP contribution >= 0.6 is 0 Å². The summed E-state index contributed by atoms with van der Waals surface area (Å²) in [5, 5.41) is 0. The van der Waals surface area contributed by atoms with E-state index in [0.717, 1.165) is 30.8 Å². The molecule has 96 valence electrons. The molecule has 1 aromatic carbocycles. The Bertz CT molecular complexity index is 315. The third-order valence-corrected chi connectivity index (χ3v) is 2.67. The van der Waals surface area contributed by atoms with Crippen molar-refractivity contribution in [3.8, 4) is 5.75 Å². The molecular weight excluding hydrogens is 214 g/mol. The van der Waals surface area contributed by atoms with Gasteiger partial charge < -0.3 is 15.2 Å². The molecule has 0 spiro atoms. The minimum absolute atomic E-state index is 0.343. The Kier molecular flexibility index (Phi) is 6.67. The smallest absolute Gasteiger partial charge is 0.119 e. The van der Waals surface area contributed by atoms with Crippen LogP contribution in [0, 0.1) is 0 Å². The van der Waals surface area contributed by atoms with Crippen LogP contribution in [0.1, 0.15) is 32.3 Å². The molecule has 0 aliphatic rings. The number of hydrogen-bond acceptors (Lipinski definition) is 3. The maximum absolute atomic E-state index is 5.63. The van der Waals surface area contributed by atoms with Crippen molar-refractivity contribution < 1.29 is 9.47 Å². The number of hydrogen-bond donors (Lipinski definition) is 1. The Morgan fingerprint density at radius 1 is 1.29 bits per heavy atom. The van der Waals surface area contributed by atoms with Crippen LogP contribution in [0.3, 0.4) is 0 Å². The zero-order valence-corrected chi connectivity index (χ0v) is 10.8. The van der Waals surface area contributed by atoms with Crippen molar-refractivity contribution >= 4 is 0 Å². The van der Waals surface area contributed by atoms with E-state index < -0.39 is 0 Å². The minimum Gasteiger partial charge on any atom is -0.493 e. The summed E-state index contributed by atoms with van der Waals surface area (Å²) in [6, 6.07) is 7.90. The van der Waals surface area contributed by atoms with Gasteiger partial charge >= 0.3 is 0 Å². The Hall–Kier alpha value is -1.06. The van der Waals surface area contributed by atoms with Gasteiger partial charge in [0.2, 0.25) is 0 Å². The van der Waals surface area contributed by atoms with E-state index in [4.69, 9.17) is 15.2 Å². The molecule has 2 N–H and O–H groups in total. The van der Waals surface area contributed by atoms with Crippen molar-refractivity contribution in [2.45, 2.75) is 39.3 Å². The van der Waals surface area contributed by atoms with E-state index in [2.05, 4.69) is 13.8 Å². The standard InChI is InChI=1S/C14H23NO2/c1-3-12(2)16-8-5-9-17-14-7-4-6-13(10-14)11-15/h4,6-7,10,12H,3,5,8-9,11,15H2,1-2H3. The fourth-order valence-corrected chi connectivity index (χ4v) is 1.41. The average molecular weight is 237 g/mol. The molecule has 1 rings (SSSR count). The van der Waals surface area contributed by atoms with Gasteiger partial charge in [0.1, 0.15) is 5.75 Å². The van der Waals surface area contributed by atoms with Crippen LogP contribution in [-0.2, 0) is 11.3 Å². The van der Waals surface area contributed by atoms with Gasteiger partial charge in [-0.25, -0.2) is 0 Å². The van der Waals surface area contributed by atoms with Crippen LogP contribution in [0.4, 0.5) is 0 Å². The lowest BCUT2D eigenvalue weighted by Crippen LogP contribution is -2.10. The van der Waals surface area contributed by atoms with E-state index in [1.54, 1.807) is 0 Å². The number of ether oxygens (including phenoxy) is 2. The van der Waals surface area contributed by atoms with Gasteiger partial charge in [-0.2, -0.15) is 0 Å². The van der Waals surface area contributed by atoms with Crippen molar-refractivity contribution in [1.82, 2.24) is 0 Å². The first-order valence-electron chi connectivity index (χ1n) is 6.29. The monoisotopic (exact) mass is 237 g/mol. The second kappa shape index (κ2) is 8.09. The fourth-order valence-electron chi connectivity index (χ4n) is 1.41. The van der Waals surface area contributed by atoms with Gasteiger partial charge in [-0.1, -0.05) is 19.1 Å². The van der Waals surface area contributed by atoms with E-state index in [1.165, 1.54) is 0 Å². The summed E-state index contributed by atoms with van der Waals surface area (Å²) < 4.78 is 11.2. The fraction of sp³-hybridized carbons (Fsp3) is 0.571. The highest BCUT2D eigenvalue weighted by Crippen LogP contribution is 2.13. The van der Waals surface area contributed by atoms with Crippen molar-refractivity contribution in [2.75, 3.05) is 13.2 Å². The van der Waals surface area contributed by atoms with Gasteiger partial charge in [0.05, 0.1) is 19.3 Å². The van der Waals surface area contributed by atoms with E-state index >= 15 is 0 Å². The number of benzene rings is 1. The molecule has 1 unspecified atom stereocenters. The summed E-state index contributed by atoms with van der Waals surface area (Å²) in [7, 11) is 0. The van der Waals surface area contributed by atoms with Gasteiger partial charge in [0.15, 0.2) is 0 Å². The number of rotatable bonds is 8. The summed E-state index contributed by atoms with van der Waals surface area (Å²) in [4.78, 5) is 0. The second-order valence-electron chi connectivity index (χ2n) is 4.14. The molecule has 0 bridgehead atoms. The quantitative estimate of drug-likeness (QED) is 0.707. The highest BCUT2D eigenvalue weighted by Gasteiger charge is 1.99. The molecule has 0 fully saturated rings. The molecular formula is C14H23NO2. The molecule has 0 aliphatic heterocycles. The predicted octanol–water partition coefficient (Wildman–Crippen LogP) is 2.73. The van der Waals surface area contributed by atoms with E-state index in [9.17, 15) is 0 Å². The average Bonchev–Trinajstić information content (AvgIpc) is 2.38. The van der Waals surface area contributed by atoms with E-state index in [-0.39, 0.29) is 0 Å². The van der Waals surface area contributed by atoms with Crippen LogP contribution in [0.15, 0.2) is 24.3 Å². The van der Waals surface area contributed by atoms with Crippen molar-refractivity contribution in [1.29, 1.82) is 0 Å². The molecule has 0 aliphatic carbocycles. The van der Waals surface area contributed by atoms with Gasteiger partial charge in [-0.3, -0.25) is 0 Å². The lowest BCUT2D eigenvalue weighted by Gasteiger charge is -2.11. The normalized spacial score (nSPS) is 12.4. The van der Waals surface area contributed by atoms with Gasteiger partial charge in [0.25, 0.3) is 0 Å². The van der Waals surface area contributed by atoms with Crippen molar-refractivity contribution in [3.05, 3.63) is 29.8 Å². The minimum atomic E-state index is 0.343. The van der Waals surface area contributed by atoms with Gasteiger partial charge in [-0.15, -0.1) is 0 Å². The zero-order chi connectivity index (χ0) is 12.5. The zero-order valence-electron chi connectivity index (χ0n) is 10.8. The molecule has 0 saturated carbocycles. The molecule has 3 nitrogen and oxygen atoms in total. The molecule has 0 aromatic heterocycles. The van der Waals surface area contributed by atoms with Gasteiger partial charge in [0, 0.05) is 13.0 Å². The second-order valence-corrected chi connectivity index (χ2v) is 4.14. The number of nitrogens with two attached hydrogens (primary N) is 1. The van der Waals surface area contributed by atoms with Crippen LogP contribution < -0.4 is 10.5 Å². The molecule has 0 saturated heterocycles. The summed E-state index contributed by atoms with van der Waals surface area (Å²) in [5.74, 6) is 0.886. The van der Waals surface area contributed by atoms with Crippen LogP contribution in [-0.4, -0.2) is 19.3 Å². The Labute approximate surface area is 104 Å². The summed E-state index contributed by atoms with van der Waals surface area (Å²) in [5.41, 5.74) is 6.66. The molecule has 17 heavy (non-hydrogen) atoms. The maximum atomic E-state index is 5.63. The molecule has 0 heterocycles. The molecule has 3 heteroatoms. The summed E-state index contributed by atoms with van der Waals surface area (Å²) in [6.45, 7) is 6.20. The highest BCUT2D eigenvalue weighted by molar-refractivity contribution is 5.28. The SMILES string of the molecule is CCC(C)OCCCOc1cccc(CN)c1. The van der Waals surface area contributed by atoms with E-state index in [1.807, 2.05) is 24.3 Å². The predicted molar refractivity (Wildman–Crippen MR) is 70.2 cm³/mol. The van der Waals surface area contributed by atoms with Crippen molar-refractivity contribution in [3.63, 3.8) is 0 Å². The lowest BCUT2D eigenvalue weighted by molar-refractivity contribution is 0.0554. The molecule has 0 radical (unpaired) electrons. The van der Waals surface area contributed by atoms with E-state index in [0.29, 0.717) is 19.3 Å². The topological polar surface area (TPSA) is 44.5 Å². The third-order valence-electron chi connectivity index (χ3n) is 2.67. The summed E-state index contributed by atoms with van der Waals surface area (Å²) >= 11 is 0. The summed E-state index contributed by atoms with van der Waals surface area (Å²) in [6.07, 6.45) is 2.31. The van der Waals surface area contributed by atoms with Crippen LogP contribution in [0.5, 0.6) is 5.75 Å². The van der Waals surface area contributed by atoms with Crippen molar-refractivity contribution in [2.24, 2.45) is 5.73 Å². The Balaban J connectivity index is 2.17. The van der Waals surface area contributed by atoms with Crippen LogP contribution in [0.25, 0.3) is 0 Å². The molecule has 1 aromatic rings. The first-order valence-corrected chi connectivity index (χ1v) is 6.29. The van der Waals surface area contributed by atoms with Gasteiger partial charge in [-0.05, 0) is 31.0 Å². The maximum Gasteiger partial charge on any atom is 0.119 e. The lowest BCUT2D eigenvalue weighted by atomic mass is 10.2.